The summed E-state index contributed by atoms with van der Waals surface area (Å²) in [5, 5.41) is 2.52. The summed E-state index contributed by atoms with van der Waals surface area (Å²) in [6, 6.07) is 8.61. The van der Waals surface area contributed by atoms with Crippen LogP contribution >= 0.6 is 0 Å². The summed E-state index contributed by atoms with van der Waals surface area (Å²) in [6.07, 6.45) is 1.87. The molecule has 17 heavy (non-hydrogen) atoms. The summed E-state index contributed by atoms with van der Waals surface area (Å²) in [6.45, 7) is 4.16. The molecule has 0 atom stereocenters. The lowest BCUT2D eigenvalue weighted by Gasteiger charge is -2.06. The van der Waals surface area contributed by atoms with Gasteiger partial charge in [0.1, 0.15) is 0 Å². The van der Waals surface area contributed by atoms with Gasteiger partial charge < -0.3 is 5.43 Å². The molecule has 0 aliphatic carbocycles. The maximum atomic E-state index is 4.37. The van der Waals surface area contributed by atoms with Crippen LogP contribution in [0, 0.1) is 13.8 Å². The van der Waals surface area contributed by atoms with Gasteiger partial charge in [0.25, 0.3) is 0 Å². The molecule has 1 N–H and O–H groups in total. The highest BCUT2D eigenvalue weighted by Gasteiger charge is 2.11. The molecule has 0 saturated carbocycles. The van der Waals surface area contributed by atoms with Gasteiger partial charge in [-0.15, -0.1) is 0 Å². The smallest absolute Gasteiger partial charge is 0.0918 e. The Morgan fingerprint density at radius 3 is 2.71 bits per heavy atom. The van der Waals surface area contributed by atoms with Crippen molar-refractivity contribution in [2.45, 2.75) is 13.8 Å². The first-order valence-corrected chi connectivity index (χ1v) is 5.76. The second-order valence-corrected chi connectivity index (χ2v) is 4.37. The van der Waals surface area contributed by atoms with Gasteiger partial charge in [0, 0.05) is 24.0 Å². The number of nitrogens with one attached hydrogen (secondary N) is 1. The van der Waals surface area contributed by atoms with E-state index < -0.39 is 0 Å². The zero-order valence-corrected chi connectivity index (χ0v) is 10.3. The van der Waals surface area contributed by atoms with E-state index in [9.17, 15) is 0 Å². The molecular formula is C14H15N3. The van der Waals surface area contributed by atoms with Gasteiger partial charge in [-0.3, -0.25) is 9.66 Å². The lowest BCUT2D eigenvalue weighted by molar-refractivity contribution is 1.00. The average Bonchev–Trinajstić information content (AvgIpc) is 2.63. The van der Waals surface area contributed by atoms with E-state index in [1.165, 1.54) is 21.9 Å². The zero-order chi connectivity index (χ0) is 12.0. The number of pyridine rings is 1. The quantitative estimate of drug-likeness (QED) is 0.690. The first-order valence-electron chi connectivity index (χ1n) is 5.76. The number of hydrogen-bond donors (Lipinski definition) is 1. The Balaban J connectivity index is 2.61. The van der Waals surface area contributed by atoms with E-state index in [2.05, 4.69) is 46.3 Å². The Morgan fingerprint density at radius 2 is 1.94 bits per heavy atom. The third-order valence-corrected chi connectivity index (χ3v) is 3.24. The molecule has 0 radical (unpaired) electrons. The summed E-state index contributed by atoms with van der Waals surface area (Å²) in [4.78, 5) is 4.37. The second kappa shape index (κ2) is 3.48. The van der Waals surface area contributed by atoms with E-state index in [1.54, 1.807) is 0 Å². The molecule has 0 bridgehead atoms. The maximum Gasteiger partial charge on any atom is 0.0918 e. The fourth-order valence-corrected chi connectivity index (χ4v) is 2.47. The Morgan fingerprint density at radius 1 is 1.12 bits per heavy atom. The van der Waals surface area contributed by atoms with Crippen LogP contribution in [0.15, 0.2) is 30.5 Å². The highest BCUT2D eigenvalue weighted by Crippen LogP contribution is 2.29. The van der Waals surface area contributed by atoms with E-state index >= 15 is 0 Å². The van der Waals surface area contributed by atoms with Crippen LogP contribution in [-0.2, 0) is 0 Å². The van der Waals surface area contributed by atoms with Gasteiger partial charge in [-0.2, -0.15) is 0 Å². The molecule has 1 aromatic carbocycles. The summed E-state index contributed by atoms with van der Waals surface area (Å²) in [7, 11) is 1.94. The van der Waals surface area contributed by atoms with Crippen molar-refractivity contribution in [2.24, 2.45) is 0 Å². The molecule has 0 spiro atoms. The molecule has 3 rings (SSSR count). The first-order chi connectivity index (χ1) is 8.22. The van der Waals surface area contributed by atoms with Gasteiger partial charge in [-0.25, -0.2) is 0 Å². The van der Waals surface area contributed by atoms with E-state index in [0.717, 1.165) is 11.2 Å². The summed E-state index contributed by atoms with van der Waals surface area (Å²) in [5.74, 6) is 0. The molecule has 2 aromatic heterocycles. The molecule has 0 aliphatic heterocycles. The Hall–Kier alpha value is -2.03. The highest BCUT2D eigenvalue weighted by molar-refractivity contribution is 6.08. The number of aromatic nitrogens is 2. The number of benzene rings is 1. The molecule has 3 aromatic rings. The van der Waals surface area contributed by atoms with Crippen LogP contribution in [0.3, 0.4) is 0 Å². The second-order valence-electron chi connectivity index (χ2n) is 4.37. The van der Waals surface area contributed by atoms with E-state index in [-0.39, 0.29) is 0 Å². The van der Waals surface area contributed by atoms with Gasteiger partial charge in [-0.05, 0) is 31.5 Å². The van der Waals surface area contributed by atoms with Crippen LogP contribution in [0.5, 0.6) is 0 Å². The summed E-state index contributed by atoms with van der Waals surface area (Å²) in [5.41, 5.74) is 7.92. The molecule has 86 valence electrons. The van der Waals surface area contributed by atoms with Crippen molar-refractivity contribution >= 4 is 21.8 Å². The third kappa shape index (κ3) is 1.32. The standard InChI is InChI=1S/C14H15N3/c1-9-4-5-11-12-6-7-16-10(2)14(12)17(15-3)13(11)8-9/h4-8,15H,1-3H3. The fourth-order valence-electron chi connectivity index (χ4n) is 2.47. The minimum absolute atomic E-state index is 1.05. The van der Waals surface area contributed by atoms with Crippen molar-refractivity contribution in [3.63, 3.8) is 0 Å². The van der Waals surface area contributed by atoms with Crippen LogP contribution in [-0.4, -0.2) is 16.7 Å². The number of rotatable bonds is 1. The number of nitrogens with zero attached hydrogens (tertiary/aromatic N) is 2. The Labute approximate surface area is 100 Å². The molecule has 3 nitrogen and oxygen atoms in total. The number of fused-ring (bicyclic) bond motifs is 3. The summed E-state index contributed by atoms with van der Waals surface area (Å²) >= 11 is 0. The maximum absolute atomic E-state index is 4.37. The van der Waals surface area contributed by atoms with E-state index in [1.807, 2.05) is 20.2 Å². The van der Waals surface area contributed by atoms with Crippen LogP contribution in [0.2, 0.25) is 0 Å². The van der Waals surface area contributed by atoms with Crippen molar-refractivity contribution in [3.05, 3.63) is 41.7 Å². The van der Waals surface area contributed by atoms with Gasteiger partial charge in [0.05, 0.1) is 16.7 Å². The molecule has 3 heteroatoms. The van der Waals surface area contributed by atoms with Crippen LogP contribution in [0.4, 0.5) is 0 Å². The van der Waals surface area contributed by atoms with Crippen molar-refractivity contribution in [3.8, 4) is 0 Å². The highest BCUT2D eigenvalue weighted by atomic mass is 15.4. The van der Waals surface area contributed by atoms with Crippen molar-refractivity contribution in [1.29, 1.82) is 0 Å². The molecular weight excluding hydrogens is 210 g/mol. The predicted octanol–water partition coefficient (Wildman–Crippen LogP) is 2.98. The van der Waals surface area contributed by atoms with Gasteiger partial charge in [-0.1, -0.05) is 12.1 Å². The minimum atomic E-state index is 1.05. The average molecular weight is 225 g/mol. The van der Waals surface area contributed by atoms with Gasteiger partial charge in [0.2, 0.25) is 0 Å². The topological polar surface area (TPSA) is 29.9 Å². The van der Waals surface area contributed by atoms with Crippen molar-refractivity contribution in [2.75, 3.05) is 12.5 Å². The molecule has 0 aliphatic rings. The van der Waals surface area contributed by atoms with Crippen LogP contribution in [0.1, 0.15) is 11.3 Å². The lowest BCUT2D eigenvalue weighted by atomic mass is 10.1. The van der Waals surface area contributed by atoms with Gasteiger partial charge in [0.15, 0.2) is 0 Å². The van der Waals surface area contributed by atoms with Crippen molar-refractivity contribution in [1.82, 2.24) is 9.66 Å². The van der Waals surface area contributed by atoms with Gasteiger partial charge >= 0.3 is 0 Å². The number of hydrogen-bond acceptors (Lipinski definition) is 2. The molecule has 2 heterocycles. The van der Waals surface area contributed by atoms with Crippen LogP contribution in [0.25, 0.3) is 21.8 Å². The molecule has 0 saturated heterocycles. The third-order valence-electron chi connectivity index (χ3n) is 3.24. The first kappa shape index (κ1) is 10.1. The normalized spacial score (nSPS) is 11.2. The minimum Gasteiger partial charge on any atom is -0.328 e. The molecule has 0 unspecified atom stereocenters. The van der Waals surface area contributed by atoms with E-state index in [0.29, 0.717) is 0 Å². The molecule has 0 fully saturated rings. The SMILES string of the molecule is CNn1c2cc(C)ccc2c2ccnc(C)c21. The fraction of sp³-hybridized carbons (Fsp3) is 0.214. The molecule has 0 amide bonds. The Bertz CT molecular complexity index is 710. The largest absolute Gasteiger partial charge is 0.328 e. The monoisotopic (exact) mass is 225 g/mol. The van der Waals surface area contributed by atoms with Crippen LogP contribution < -0.4 is 5.43 Å². The zero-order valence-electron chi connectivity index (χ0n) is 10.3. The number of aryl methyl sites for hydroxylation is 2. The van der Waals surface area contributed by atoms with E-state index in [4.69, 9.17) is 0 Å². The summed E-state index contributed by atoms with van der Waals surface area (Å²) < 4.78 is 2.11. The van der Waals surface area contributed by atoms with Crippen molar-refractivity contribution < 1.29 is 0 Å². The lowest BCUT2D eigenvalue weighted by Crippen LogP contribution is -2.08. The predicted molar refractivity (Wildman–Crippen MR) is 72.0 cm³/mol. The Kier molecular flexibility index (Phi) is 2.08.